The average Bonchev–Trinajstić information content (AvgIpc) is 3.22. The number of anilines is 1. The SMILES string of the molecule is CCOC(=O)N1CCN(C(=O)c2cccc(-n3cc(NC(=O)COC)cn3)c2)CC1. The lowest BCUT2D eigenvalue weighted by molar-refractivity contribution is -0.119. The van der Waals surface area contributed by atoms with Crippen LogP contribution in [0.25, 0.3) is 5.69 Å². The highest BCUT2D eigenvalue weighted by Gasteiger charge is 2.25. The van der Waals surface area contributed by atoms with Crippen molar-refractivity contribution in [3.8, 4) is 5.69 Å². The third-order valence-corrected chi connectivity index (χ3v) is 4.59. The second kappa shape index (κ2) is 9.88. The summed E-state index contributed by atoms with van der Waals surface area (Å²) in [5, 5.41) is 6.92. The molecule has 30 heavy (non-hydrogen) atoms. The van der Waals surface area contributed by atoms with Gasteiger partial charge in [-0.3, -0.25) is 9.59 Å². The molecule has 10 heteroatoms. The molecule has 0 atom stereocenters. The van der Waals surface area contributed by atoms with Gasteiger partial charge in [0.25, 0.3) is 5.91 Å². The first-order chi connectivity index (χ1) is 14.5. The molecule has 1 aromatic heterocycles. The molecule has 10 nitrogen and oxygen atoms in total. The maximum Gasteiger partial charge on any atom is 0.409 e. The molecule has 3 amide bonds. The van der Waals surface area contributed by atoms with E-state index in [0.29, 0.717) is 49.7 Å². The zero-order valence-corrected chi connectivity index (χ0v) is 17.0. The van der Waals surface area contributed by atoms with Gasteiger partial charge in [-0.05, 0) is 25.1 Å². The number of hydrogen-bond acceptors (Lipinski definition) is 6. The van der Waals surface area contributed by atoms with Crippen LogP contribution in [0.4, 0.5) is 10.5 Å². The van der Waals surface area contributed by atoms with Crippen molar-refractivity contribution in [2.45, 2.75) is 6.92 Å². The summed E-state index contributed by atoms with van der Waals surface area (Å²) < 4.78 is 11.4. The lowest BCUT2D eigenvalue weighted by Gasteiger charge is -2.34. The van der Waals surface area contributed by atoms with Crippen molar-refractivity contribution in [1.29, 1.82) is 0 Å². The van der Waals surface area contributed by atoms with Crippen molar-refractivity contribution in [1.82, 2.24) is 19.6 Å². The van der Waals surface area contributed by atoms with Gasteiger partial charge in [-0.25, -0.2) is 9.48 Å². The van der Waals surface area contributed by atoms with Gasteiger partial charge in [-0.1, -0.05) is 6.07 Å². The highest BCUT2D eigenvalue weighted by molar-refractivity contribution is 5.95. The Morgan fingerprint density at radius 1 is 1.13 bits per heavy atom. The number of nitrogens with zero attached hydrogens (tertiary/aromatic N) is 4. The van der Waals surface area contributed by atoms with Gasteiger partial charge in [0.05, 0.1) is 30.4 Å². The van der Waals surface area contributed by atoms with E-state index >= 15 is 0 Å². The minimum atomic E-state index is -0.348. The molecule has 1 aromatic carbocycles. The van der Waals surface area contributed by atoms with Crippen molar-refractivity contribution in [2.24, 2.45) is 0 Å². The number of hydrogen-bond donors (Lipinski definition) is 1. The maximum absolute atomic E-state index is 12.9. The number of amides is 3. The van der Waals surface area contributed by atoms with E-state index in [1.807, 2.05) is 6.07 Å². The Kier molecular flexibility index (Phi) is 7.02. The zero-order valence-electron chi connectivity index (χ0n) is 17.0. The van der Waals surface area contributed by atoms with E-state index in [1.54, 1.807) is 45.8 Å². The summed E-state index contributed by atoms with van der Waals surface area (Å²) in [5.74, 6) is -0.385. The molecule has 0 bridgehead atoms. The second-order valence-corrected chi connectivity index (χ2v) is 6.68. The Balaban J connectivity index is 1.64. The lowest BCUT2D eigenvalue weighted by Crippen LogP contribution is -2.50. The van der Waals surface area contributed by atoms with Crippen LogP contribution in [0.2, 0.25) is 0 Å². The largest absolute Gasteiger partial charge is 0.450 e. The molecule has 1 aliphatic rings. The predicted molar refractivity (Wildman–Crippen MR) is 109 cm³/mol. The van der Waals surface area contributed by atoms with Crippen LogP contribution < -0.4 is 5.32 Å². The Hall–Kier alpha value is -3.40. The number of carbonyl (C=O) groups excluding carboxylic acids is 3. The third-order valence-electron chi connectivity index (χ3n) is 4.59. The minimum absolute atomic E-state index is 0.0431. The van der Waals surface area contributed by atoms with Crippen LogP contribution in [-0.2, 0) is 14.3 Å². The first kappa shape index (κ1) is 21.3. The van der Waals surface area contributed by atoms with Crippen LogP contribution in [0.5, 0.6) is 0 Å². The zero-order chi connectivity index (χ0) is 21.5. The van der Waals surface area contributed by atoms with Crippen molar-refractivity contribution < 1.29 is 23.9 Å². The summed E-state index contributed by atoms with van der Waals surface area (Å²) in [6, 6.07) is 7.09. The van der Waals surface area contributed by atoms with Gasteiger partial charge in [0.15, 0.2) is 0 Å². The molecule has 160 valence electrons. The van der Waals surface area contributed by atoms with E-state index in [4.69, 9.17) is 9.47 Å². The summed E-state index contributed by atoms with van der Waals surface area (Å²) in [5.41, 5.74) is 1.75. The average molecular weight is 415 g/mol. The van der Waals surface area contributed by atoms with E-state index in [9.17, 15) is 14.4 Å². The Morgan fingerprint density at radius 3 is 2.57 bits per heavy atom. The third kappa shape index (κ3) is 5.15. The standard InChI is InChI=1S/C20H25N5O5/c1-3-30-20(28)24-9-7-23(8-10-24)19(27)15-5-4-6-17(11-15)25-13-16(12-21-25)22-18(26)14-29-2/h4-6,11-13H,3,7-10,14H2,1-2H3,(H,22,26). The number of carbonyl (C=O) groups is 3. The molecular weight excluding hydrogens is 390 g/mol. The monoisotopic (exact) mass is 415 g/mol. The van der Waals surface area contributed by atoms with Gasteiger partial charge in [0, 0.05) is 38.9 Å². The van der Waals surface area contributed by atoms with Gasteiger partial charge in [0.2, 0.25) is 5.91 Å². The van der Waals surface area contributed by atoms with Crippen molar-refractivity contribution in [3.63, 3.8) is 0 Å². The van der Waals surface area contributed by atoms with Gasteiger partial charge >= 0.3 is 6.09 Å². The van der Waals surface area contributed by atoms with E-state index in [-0.39, 0.29) is 24.5 Å². The normalized spacial score (nSPS) is 13.8. The number of piperazine rings is 1. The van der Waals surface area contributed by atoms with Crippen LogP contribution in [0.1, 0.15) is 17.3 Å². The quantitative estimate of drug-likeness (QED) is 0.764. The number of aromatic nitrogens is 2. The second-order valence-electron chi connectivity index (χ2n) is 6.68. The summed E-state index contributed by atoms with van der Waals surface area (Å²) in [7, 11) is 1.45. The highest BCUT2D eigenvalue weighted by atomic mass is 16.6. The molecule has 1 saturated heterocycles. The number of nitrogens with one attached hydrogen (secondary N) is 1. The molecule has 1 fully saturated rings. The van der Waals surface area contributed by atoms with Crippen molar-refractivity contribution in [3.05, 3.63) is 42.2 Å². The van der Waals surface area contributed by atoms with Crippen LogP contribution in [0, 0.1) is 0 Å². The van der Waals surface area contributed by atoms with Gasteiger partial charge < -0.3 is 24.6 Å². The van der Waals surface area contributed by atoms with Gasteiger partial charge in [-0.15, -0.1) is 0 Å². The summed E-state index contributed by atoms with van der Waals surface area (Å²) in [6.07, 6.45) is 2.84. The number of rotatable bonds is 6. The number of ether oxygens (including phenoxy) is 2. The van der Waals surface area contributed by atoms with E-state index in [0.717, 1.165) is 0 Å². The first-order valence-electron chi connectivity index (χ1n) is 9.66. The molecule has 0 unspecified atom stereocenters. The highest BCUT2D eigenvalue weighted by Crippen LogP contribution is 2.16. The van der Waals surface area contributed by atoms with Crippen LogP contribution in [-0.4, -0.2) is 84.0 Å². The van der Waals surface area contributed by atoms with Crippen LogP contribution >= 0.6 is 0 Å². The Labute approximate surface area is 174 Å². The van der Waals surface area contributed by atoms with Crippen LogP contribution in [0.15, 0.2) is 36.7 Å². The smallest absolute Gasteiger partial charge is 0.409 e. The van der Waals surface area contributed by atoms with E-state index in [2.05, 4.69) is 10.4 Å². The summed E-state index contributed by atoms with van der Waals surface area (Å²) in [6.45, 7) is 3.82. The first-order valence-corrected chi connectivity index (χ1v) is 9.66. The van der Waals surface area contributed by atoms with E-state index < -0.39 is 0 Å². The minimum Gasteiger partial charge on any atom is -0.450 e. The molecule has 0 radical (unpaired) electrons. The molecular formula is C20H25N5O5. The Bertz CT molecular complexity index is 904. The Morgan fingerprint density at radius 2 is 1.87 bits per heavy atom. The number of methoxy groups -OCH3 is 1. The van der Waals surface area contributed by atoms with Crippen molar-refractivity contribution in [2.75, 3.05) is 51.8 Å². The predicted octanol–water partition coefficient (Wildman–Crippen LogP) is 1.37. The maximum atomic E-state index is 12.9. The molecule has 0 aliphatic carbocycles. The molecule has 2 heterocycles. The lowest BCUT2D eigenvalue weighted by atomic mass is 10.1. The molecule has 1 aliphatic heterocycles. The fourth-order valence-corrected chi connectivity index (χ4v) is 3.13. The molecule has 3 rings (SSSR count). The van der Waals surface area contributed by atoms with Gasteiger partial charge in [0.1, 0.15) is 6.61 Å². The summed E-state index contributed by atoms with van der Waals surface area (Å²) in [4.78, 5) is 39.7. The molecule has 2 aromatic rings. The van der Waals surface area contributed by atoms with Crippen molar-refractivity contribution >= 4 is 23.6 Å². The van der Waals surface area contributed by atoms with Gasteiger partial charge in [-0.2, -0.15) is 5.10 Å². The fraction of sp³-hybridized carbons (Fsp3) is 0.400. The molecule has 0 spiro atoms. The molecule has 1 N–H and O–H groups in total. The fourth-order valence-electron chi connectivity index (χ4n) is 3.13. The van der Waals surface area contributed by atoms with E-state index in [1.165, 1.54) is 13.3 Å². The summed E-state index contributed by atoms with van der Waals surface area (Å²) >= 11 is 0. The molecule has 0 saturated carbocycles. The topological polar surface area (TPSA) is 106 Å². The van der Waals surface area contributed by atoms with Crippen LogP contribution in [0.3, 0.4) is 0 Å². The number of benzene rings is 1.